The molecule has 0 spiro atoms. The van der Waals surface area contributed by atoms with Crippen molar-refractivity contribution in [2.24, 2.45) is 0 Å². The average Bonchev–Trinajstić information content (AvgIpc) is 3.27. The molecule has 4 rings (SSSR count). The summed E-state index contributed by atoms with van der Waals surface area (Å²) in [7, 11) is 3.24. The van der Waals surface area contributed by atoms with Crippen molar-refractivity contribution in [2.75, 3.05) is 20.8 Å². The second-order valence-electron chi connectivity index (χ2n) is 7.75. The van der Waals surface area contributed by atoms with Crippen molar-refractivity contribution >= 4 is 16.8 Å². The van der Waals surface area contributed by atoms with Gasteiger partial charge in [0.2, 0.25) is 5.91 Å². The minimum atomic E-state index is -0.123. The number of rotatable bonds is 9. The van der Waals surface area contributed by atoms with Gasteiger partial charge in [0.05, 0.1) is 14.2 Å². The molecule has 164 valence electrons. The number of methoxy groups -OCH3 is 2. The van der Waals surface area contributed by atoms with Gasteiger partial charge in [-0.2, -0.15) is 0 Å². The van der Waals surface area contributed by atoms with E-state index in [0.717, 1.165) is 28.5 Å². The summed E-state index contributed by atoms with van der Waals surface area (Å²) in [6.45, 7) is 0.607. The molecule has 3 aromatic carbocycles. The summed E-state index contributed by atoms with van der Waals surface area (Å²) >= 11 is 0. The van der Waals surface area contributed by atoms with Crippen LogP contribution in [0.5, 0.6) is 11.5 Å². The molecule has 0 bridgehead atoms. The Bertz CT molecular complexity index is 1180. The maximum absolute atomic E-state index is 12.9. The second-order valence-corrected chi connectivity index (χ2v) is 7.75. The highest BCUT2D eigenvalue weighted by Crippen LogP contribution is 2.37. The van der Waals surface area contributed by atoms with Gasteiger partial charge in [0.15, 0.2) is 11.5 Å². The molecular weight excluding hydrogens is 400 g/mol. The van der Waals surface area contributed by atoms with E-state index in [0.29, 0.717) is 24.5 Å². The van der Waals surface area contributed by atoms with Crippen LogP contribution in [0.4, 0.5) is 0 Å². The van der Waals surface area contributed by atoms with Gasteiger partial charge in [-0.15, -0.1) is 0 Å². The van der Waals surface area contributed by atoms with Crippen LogP contribution in [0.15, 0.2) is 79.0 Å². The molecule has 1 heterocycles. The van der Waals surface area contributed by atoms with Gasteiger partial charge in [0, 0.05) is 36.0 Å². The lowest BCUT2D eigenvalue weighted by Gasteiger charge is -2.19. The van der Waals surface area contributed by atoms with Crippen molar-refractivity contribution in [1.29, 1.82) is 0 Å². The van der Waals surface area contributed by atoms with E-state index >= 15 is 0 Å². The van der Waals surface area contributed by atoms with Gasteiger partial charge >= 0.3 is 0 Å². The van der Waals surface area contributed by atoms with Crippen molar-refractivity contribution in [3.8, 4) is 11.5 Å². The molecule has 0 saturated carbocycles. The van der Waals surface area contributed by atoms with Crippen LogP contribution in [0.1, 0.15) is 29.0 Å². The second kappa shape index (κ2) is 10.1. The first-order chi connectivity index (χ1) is 15.7. The standard InChI is InChI=1S/C27H28N2O3/c1-31-25-13-12-20(16-26(25)32-2)22(23-18-29-24-11-7-6-10-21(23)24)17-27(30)28-15-14-19-8-4-3-5-9-19/h3-13,16,18,22,29H,14-15,17H2,1-2H3,(H,28,30)/t22-/m0/s1. The van der Waals surface area contributed by atoms with E-state index in [9.17, 15) is 4.79 Å². The highest BCUT2D eigenvalue weighted by atomic mass is 16.5. The number of para-hydroxylation sites is 1. The first-order valence-electron chi connectivity index (χ1n) is 10.8. The molecule has 1 amide bonds. The van der Waals surface area contributed by atoms with E-state index in [2.05, 4.69) is 28.5 Å². The molecule has 0 aliphatic rings. The third-order valence-corrected chi connectivity index (χ3v) is 5.77. The largest absolute Gasteiger partial charge is 0.493 e. The fourth-order valence-electron chi connectivity index (χ4n) is 4.11. The van der Waals surface area contributed by atoms with Crippen molar-refractivity contribution in [1.82, 2.24) is 10.3 Å². The van der Waals surface area contributed by atoms with Crippen LogP contribution in [0, 0.1) is 0 Å². The Kier molecular flexibility index (Phi) is 6.75. The molecule has 0 saturated heterocycles. The highest BCUT2D eigenvalue weighted by molar-refractivity contribution is 5.86. The summed E-state index contributed by atoms with van der Waals surface area (Å²) in [5.74, 6) is 1.22. The number of nitrogens with one attached hydrogen (secondary N) is 2. The number of H-pyrrole nitrogens is 1. The summed E-state index contributed by atoms with van der Waals surface area (Å²) in [5, 5.41) is 4.20. The molecule has 0 fully saturated rings. The first-order valence-corrected chi connectivity index (χ1v) is 10.8. The number of amides is 1. The third kappa shape index (κ3) is 4.78. The van der Waals surface area contributed by atoms with Crippen LogP contribution in [0.2, 0.25) is 0 Å². The van der Waals surface area contributed by atoms with E-state index < -0.39 is 0 Å². The Morgan fingerprint density at radius 3 is 2.47 bits per heavy atom. The molecule has 0 aliphatic carbocycles. The van der Waals surface area contributed by atoms with Gasteiger partial charge in [-0.1, -0.05) is 54.6 Å². The monoisotopic (exact) mass is 428 g/mol. The smallest absolute Gasteiger partial charge is 0.220 e. The Hall–Kier alpha value is -3.73. The number of carbonyl (C=O) groups excluding carboxylic acids is 1. The Morgan fingerprint density at radius 1 is 0.938 bits per heavy atom. The van der Waals surface area contributed by atoms with Gasteiger partial charge in [-0.05, 0) is 41.3 Å². The number of aromatic nitrogens is 1. The average molecular weight is 429 g/mol. The van der Waals surface area contributed by atoms with Crippen LogP contribution in [0.25, 0.3) is 10.9 Å². The topological polar surface area (TPSA) is 63.3 Å². The zero-order chi connectivity index (χ0) is 22.3. The summed E-state index contributed by atoms with van der Waals surface area (Å²) in [6, 6.07) is 24.2. The van der Waals surface area contributed by atoms with Gasteiger partial charge in [-0.3, -0.25) is 4.79 Å². The third-order valence-electron chi connectivity index (χ3n) is 5.77. The van der Waals surface area contributed by atoms with E-state index in [-0.39, 0.29) is 11.8 Å². The molecule has 0 radical (unpaired) electrons. The molecule has 1 atom stereocenters. The normalized spacial score (nSPS) is 11.8. The molecule has 4 aromatic rings. The molecule has 5 nitrogen and oxygen atoms in total. The fraction of sp³-hybridized carbons (Fsp3) is 0.222. The Morgan fingerprint density at radius 2 is 1.69 bits per heavy atom. The maximum Gasteiger partial charge on any atom is 0.220 e. The number of aromatic amines is 1. The molecule has 32 heavy (non-hydrogen) atoms. The van der Waals surface area contributed by atoms with E-state index in [1.54, 1.807) is 14.2 Å². The van der Waals surface area contributed by atoms with Gasteiger partial charge in [-0.25, -0.2) is 0 Å². The lowest BCUT2D eigenvalue weighted by molar-refractivity contribution is -0.121. The number of fused-ring (bicyclic) bond motifs is 1. The van der Waals surface area contributed by atoms with Crippen molar-refractivity contribution < 1.29 is 14.3 Å². The Labute approximate surface area is 188 Å². The minimum Gasteiger partial charge on any atom is -0.493 e. The van der Waals surface area contributed by atoms with Crippen molar-refractivity contribution in [3.63, 3.8) is 0 Å². The van der Waals surface area contributed by atoms with Crippen molar-refractivity contribution in [3.05, 3.63) is 95.7 Å². The number of benzene rings is 3. The van der Waals surface area contributed by atoms with Crippen LogP contribution < -0.4 is 14.8 Å². The predicted molar refractivity (Wildman–Crippen MR) is 127 cm³/mol. The molecule has 5 heteroatoms. The quantitative estimate of drug-likeness (QED) is 0.391. The van der Waals surface area contributed by atoms with E-state index in [1.165, 1.54) is 5.56 Å². The van der Waals surface area contributed by atoms with Crippen LogP contribution in [0.3, 0.4) is 0 Å². The van der Waals surface area contributed by atoms with Crippen LogP contribution >= 0.6 is 0 Å². The number of hydrogen-bond acceptors (Lipinski definition) is 3. The number of ether oxygens (including phenoxy) is 2. The molecular formula is C27H28N2O3. The lowest BCUT2D eigenvalue weighted by Crippen LogP contribution is -2.27. The zero-order valence-electron chi connectivity index (χ0n) is 18.4. The maximum atomic E-state index is 12.9. The fourth-order valence-corrected chi connectivity index (χ4v) is 4.11. The van der Waals surface area contributed by atoms with Crippen molar-refractivity contribution in [2.45, 2.75) is 18.8 Å². The highest BCUT2D eigenvalue weighted by Gasteiger charge is 2.22. The van der Waals surface area contributed by atoms with Gasteiger partial charge in [0.1, 0.15) is 0 Å². The number of hydrogen-bond donors (Lipinski definition) is 2. The van der Waals surface area contributed by atoms with Crippen LogP contribution in [-0.4, -0.2) is 31.7 Å². The summed E-state index contributed by atoms with van der Waals surface area (Å²) < 4.78 is 10.9. The Balaban J connectivity index is 1.58. The first kappa shape index (κ1) is 21.5. The van der Waals surface area contributed by atoms with Gasteiger partial charge < -0.3 is 19.8 Å². The predicted octanol–water partition coefficient (Wildman–Crippen LogP) is 5.07. The lowest BCUT2D eigenvalue weighted by atomic mass is 9.87. The van der Waals surface area contributed by atoms with Gasteiger partial charge in [0.25, 0.3) is 0 Å². The molecule has 0 unspecified atom stereocenters. The molecule has 2 N–H and O–H groups in total. The number of carbonyl (C=O) groups is 1. The zero-order valence-corrected chi connectivity index (χ0v) is 18.4. The van der Waals surface area contributed by atoms with E-state index in [1.807, 2.05) is 60.8 Å². The summed E-state index contributed by atoms with van der Waals surface area (Å²) in [6.07, 6.45) is 3.15. The molecule has 1 aromatic heterocycles. The summed E-state index contributed by atoms with van der Waals surface area (Å²) in [4.78, 5) is 16.3. The van der Waals surface area contributed by atoms with Crippen LogP contribution in [-0.2, 0) is 11.2 Å². The van der Waals surface area contributed by atoms with E-state index in [4.69, 9.17) is 9.47 Å². The SMILES string of the molecule is COc1ccc([C@H](CC(=O)NCCc2ccccc2)c2c[nH]c3ccccc23)cc1OC. The summed E-state index contributed by atoms with van der Waals surface area (Å²) in [5.41, 5.74) is 4.36. The minimum absolute atomic E-state index is 0.0194. The molecule has 0 aliphatic heterocycles.